The van der Waals surface area contributed by atoms with E-state index >= 15 is 0 Å². The highest BCUT2D eigenvalue weighted by atomic mass is 16.3. The highest BCUT2D eigenvalue weighted by Crippen LogP contribution is 2.28. The Bertz CT molecular complexity index is 508. The SMILES string of the molecule is O=C(NCc1ccn(C2CCCC2)n1)N1CCCCC1CCO. The van der Waals surface area contributed by atoms with Gasteiger partial charge in [0.15, 0.2) is 0 Å². The monoisotopic (exact) mass is 320 g/mol. The smallest absolute Gasteiger partial charge is 0.317 e. The minimum atomic E-state index is -0.0291. The van der Waals surface area contributed by atoms with E-state index in [0.717, 1.165) is 31.5 Å². The number of hydrogen-bond donors (Lipinski definition) is 2. The third kappa shape index (κ3) is 4.05. The van der Waals surface area contributed by atoms with E-state index in [1.54, 1.807) is 0 Å². The van der Waals surface area contributed by atoms with Gasteiger partial charge in [-0.1, -0.05) is 12.8 Å². The number of hydrogen-bond acceptors (Lipinski definition) is 3. The molecule has 0 spiro atoms. The molecule has 6 heteroatoms. The fraction of sp³-hybridized carbons (Fsp3) is 0.765. The Morgan fingerprint density at radius 1 is 1.26 bits per heavy atom. The number of nitrogens with zero attached hydrogens (tertiary/aromatic N) is 3. The molecule has 2 heterocycles. The highest BCUT2D eigenvalue weighted by molar-refractivity contribution is 5.74. The van der Waals surface area contributed by atoms with Crippen molar-refractivity contribution in [1.29, 1.82) is 0 Å². The first-order valence-corrected chi connectivity index (χ1v) is 8.97. The Balaban J connectivity index is 1.51. The lowest BCUT2D eigenvalue weighted by atomic mass is 10.0. The molecule has 1 aliphatic carbocycles. The summed E-state index contributed by atoms with van der Waals surface area (Å²) in [5, 5.41) is 16.8. The van der Waals surface area contributed by atoms with Crippen LogP contribution in [0.3, 0.4) is 0 Å². The van der Waals surface area contributed by atoms with E-state index in [9.17, 15) is 4.79 Å². The van der Waals surface area contributed by atoms with Crippen LogP contribution in [0.15, 0.2) is 12.3 Å². The molecular weight excluding hydrogens is 292 g/mol. The number of aliphatic hydroxyl groups is 1. The number of amides is 2. The van der Waals surface area contributed by atoms with Crippen molar-refractivity contribution in [2.24, 2.45) is 0 Å². The maximum Gasteiger partial charge on any atom is 0.317 e. The molecule has 1 saturated carbocycles. The third-order valence-electron chi connectivity index (χ3n) is 5.13. The molecular formula is C17H28N4O2. The fourth-order valence-electron chi connectivity index (χ4n) is 3.83. The maximum atomic E-state index is 12.4. The molecule has 128 valence electrons. The molecule has 6 nitrogen and oxygen atoms in total. The topological polar surface area (TPSA) is 70.4 Å². The summed E-state index contributed by atoms with van der Waals surface area (Å²) in [6.45, 7) is 1.40. The first-order chi connectivity index (χ1) is 11.3. The van der Waals surface area contributed by atoms with Gasteiger partial charge in [0.05, 0.1) is 18.3 Å². The summed E-state index contributed by atoms with van der Waals surface area (Å²) < 4.78 is 2.06. The van der Waals surface area contributed by atoms with Crippen LogP contribution in [0, 0.1) is 0 Å². The second-order valence-corrected chi connectivity index (χ2v) is 6.74. The number of urea groups is 1. The van der Waals surface area contributed by atoms with Gasteiger partial charge in [0.1, 0.15) is 0 Å². The van der Waals surface area contributed by atoms with E-state index in [1.165, 1.54) is 25.7 Å². The zero-order valence-corrected chi connectivity index (χ0v) is 13.8. The largest absolute Gasteiger partial charge is 0.396 e. The zero-order valence-electron chi connectivity index (χ0n) is 13.8. The van der Waals surface area contributed by atoms with Crippen LogP contribution in [-0.2, 0) is 6.54 Å². The lowest BCUT2D eigenvalue weighted by Crippen LogP contribution is -2.48. The number of piperidine rings is 1. The minimum absolute atomic E-state index is 0.0291. The Labute approximate surface area is 137 Å². The molecule has 0 bridgehead atoms. The standard InChI is InChI=1S/C17H28N4O2/c22-12-9-15-5-3-4-10-20(15)17(23)18-13-14-8-11-21(19-14)16-6-1-2-7-16/h8,11,15-16,22H,1-7,9-10,12-13H2,(H,18,23). The number of nitrogens with one attached hydrogen (secondary N) is 1. The Kier molecular flexibility index (Phi) is 5.54. The van der Waals surface area contributed by atoms with Crippen LogP contribution >= 0.6 is 0 Å². The van der Waals surface area contributed by atoms with Crippen LogP contribution in [0.2, 0.25) is 0 Å². The van der Waals surface area contributed by atoms with Gasteiger partial charge < -0.3 is 15.3 Å². The quantitative estimate of drug-likeness (QED) is 0.875. The van der Waals surface area contributed by atoms with Crippen LogP contribution in [0.5, 0.6) is 0 Å². The number of aromatic nitrogens is 2. The van der Waals surface area contributed by atoms with Gasteiger partial charge in [0, 0.05) is 25.4 Å². The molecule has 1 aromatic rings. The number of rotatable bonds is 5. The maximum absolute atomic E-state index is 12.4. The summed E-state index contributed by atoms with van der Waals surface area (Å²) in [5.74, 6) is 0. The molecule has 1 atom stereocenters. The van der Waals surface area contributed by atoms with Crippen molar-refractivity contribution in [2.45, 2.75) is 70.0 Å². The van der Waals surface area contributed by atoms with Gasteiger partial charge in [-0.2, -0.15) is 5.10 Å². The molecule has 1 aromatic heterocycles. The fourth-order valence-corrected chi connectivity index (χ4v) is 3.83. The molecule has 1 saturated heterocycles. The van der Waals surface area contributed by atoms with Crippen molar-refractivity contribution < 1.29 is 9.90 Å². The summed E-state index contributed by atoms with van der Waals surface area (Å²) in [5.41, 5.74) is 0.918. The molecule has 23 heavy (non-hydrogen) atoms. The first-order valence-electron chi connectivity index (χ1n) is 8.97. The number of carbonyl (C=O) groups excluding carboxylic acids is 1. The van der Waals surface area contributed by atoms with Gasteiger partial charge in [-0.15, -0.1) is 0 Å². The first kappa shape index (κ1) is 16.3. The van der Waals surface area contributed by atoms with E-state index in [1.807, 2.05) is 17.2 Å². The second kappa shape index (κ2) is 7.81. The summed E-state index contributed by atoms with van der Waals surface area (Å²) >= 11 is 0. The lowest BCUT2D eigenvalue weighted by molar-refractivity contribution is 0.131. The highest BCUT2D eigenvalue weighted by Gasteiger charge is 2.26. The van der Waals surface area contributed by atoms with Crippen LogP contribution in [0.1, 0.15) is 63.1 Å². The van der Waals surface area contributed by atoms with Gasteiger partial charge in [-0.25, -0.2) is 4.79 Å². The average molecular weight is 320 g/mol. The van der Waals surface area contributed by atoms with Crippen LogP contribution in [0.25, 0.3) is 0 Å². The van der Waals surface area contributed by atoms with Crippen LogP contribution in [-0.4, -0.2) is 45.0 Å². The van der Waals surface area contributed by atoms with Crippen molar-refractivity contribution in [3.8, 4) is 0 Å². The molecule has 2 aliphatic rings. The van der Waals surface area contributed by atoms with E-state index in [4.69, 9.17) is 5.11 Å². The van der Waals surface area contributed by atoms with E-state index in [0.29, 0.717) is 19.0 Å². The van der Waals surface area contributed by atoms with Gasteiger partial charge in [0.2, 0.25) is 0 Å². The molecule has 2 fully saturated rings. The van der Waals surface area contributed by atoms with Gasteiger partial charge in [-0.05, 0) is 44.6 Å². The van der Waals surface area contributed by atoms with Crippen molar-refractivity contribution in [2.75, 3.05) is 13.2 Å². The van der Waals surface area contributed by atoms with Crippen molar-refractivity contribution in [1.82, 2.24) is 20.0 Å². The van der Waals surface area contributed by atoms with Gasteiger partial charge in [-0.3, -0.25) is 4.68 Å². The summed E-state index contributed by atoms with van der Waals surface area (Å²) in [6, 6.07) is 2.68. The molecule has 0 aromatic carbocycles. The van der Waals surface area contributed by atoms with Crippen LogP contribution in [0.4, 0.5) is 4.79 Å². The van der Waals surface area contributed by atoms with Gasteiger partial charge >= 0.3 is 6.03 Å². The zero-order chi connectivity index (χ0) is 16.1. The predicted molar refractivity (Wildman–Crippen MR) is 88.0 cm³/mol. The summed E-state index contributed by atoms with van der Waals surface area (Å²) in [4.78, 5) is 14.3. The van der Waals surface area contributed by atoms with E-state index in [2.05, 4.69) is 15.1 Å². The molecule has 3 rings (SSSR count). The van der Waals surface area contributed by atoms with E-state index < -0.39 is 0 Å². The number of aliphatic hydroxyl groups excluding tert-OH is 1. The number of likely N-dealkylation sites (tertiary alicyclic amines) is 1. The second-order valence-electron chi connectivity index (χ2n) is 6.74. The molecule has 2 amide bonds. The Morgan fingerprint density at radius 3 is 2.83 bits per heavy atom. The summed E-state index contributed by atoms with van der Waals surface area (Å²) in [7, 11) is 0. The lowest BCUT2D eigenvalue weighted by Gasteiger charge is -2.35. The van der Waals surface area contributed by atoms with Gasteiger partial charge in [0.25, 0.3) is 0 Å². The predicted octanol–water partition coefficient (Wildman–Crippen LogP) is 2.44. The Hall–Kier alpha value is -1.56. The molecule has 1 unspecified atom stereocenters. The van der Waals surface area contributed by atoms with E-state index in [-0.39, 0.29) is 18.7 Å². The molecule has 0 radical (unpaired) electrons. The average Bonchev–Trinajstić information content (AvgIpc) is 3.24. The number of carbonyl (C=O) groups is 1. The minimum Gasteiger partial charge on any atom is -0.396 e. The molecule has 2 N–H and O–H groups in total. The normalized spacial score (nSPS) is 22.5. The van der Waals surface area contributed by atoms with Crippen molar-refractivity contribution >= 4 is 6.03 Å². The Morgan fingerprint density at radius 2 is 2.04 bits per heavy atom. The van der Waals surface area contributed by atoms with Crippen molar-refractivity contribution in [3.63, 3.8) is 0 Å². The van der Waals surface area contributed by atoms with Crippen LogP contribution < -0.4 is 5.32 Å². The molecule has 1 aliphatic heterocycles. The summed E-state index contributed by atoms with van der Waals surface area (Å²) in [6.07, 6.45) is 10.9. The third-order valence-corrected chi connectivity index (χ3v) is 5.13. The van der Waals surface area contributed by atoms with Crippen molar-refractivity contribution in [3.05, 3.63) is 18.0 Å².